The van der Waals surface area contributed by atoms with Crippen LogP contribution in [0.1, 0.15) is 86.3 Å². The maximum absolute atomic E-state index is 10.2. The van der Waals surface area contributed by atoms with Gasteiger partial charge in [-0.3, -0.25) is 0 Å². The van der Waals surface area contributed by atoms with Gasteiger partial charge in [-0.05, 0) is 83.7 Å². The van der Waals surface area contributed by atoms with Gasteiger partial charge < -0.3 is 10.8 Å². The molecule has 3 atom stereocenters. The molecule has 0 heterocycles. The number of fused-ring (bicyclic) bond motifs is 3. The number of carboxylic acids is 1. The first kappa shape index (κ1) is 22.6. The molecule has 0 amide bonds. The molecule has 0 spiro atoms. The fraction of sp³-hybridized carbons (Fsp3) is 0.519. The predicted octanol–water partition coefficient (Wildman–Crippen LogP) is 6.16. The van der Waals surface area contributed by atoms with E-state index in [4.69, 9.17) is 10.8 Å². The van der Waals surface area contributed by atoms with Crippen molar-refractivity contribution in [3.05, 3.63) is 70.8 Å². The average Bonchev–Trinajstić information content (AvgIpc) is 2.74. The fourth-order valence-corrected chi connectivity index (χ4v) is 5.83. The summed E-state index contributed by atoms with van der Waals surface area (Å²) < 4.78 is 0. The van der Waals surface area contributed by atoms with E-state index in [2.05, 4.69) is 45.9 Å². The van der Waals surface area contributed by atoms with Crippen molar-refractivity contribution in [1.29, 1.82) is 0 Å². The molecule has 2 aliphatic carbocycles. The van der Waals surface area contributed by atoms with Crippen molar-refractivity contribution in [2.75, 3.05) is 6.54 Å². The van der Waals surface area contributed by atoms with Gasteiger partial charge in [0.2, 0.25) is 0 Å². The molecule has 1 fully saturated rings. The van der Waals surface area contributed by atoms with E-state index in [1.807, 2.05) is 0 Å². The molecular weight excluding hydrogens is 370 g/mol. The smallest absolute Gasteiger partial charge is 0.335 e. The Bertz CT molecular complexity index is 876. The molecule has 0 bridgehead atoms. The number of rotatable bonds is 3. The minimum atomic E-state index is -0.879. The van der Waals surface area contributed by atoms with E-state index in [-0.39, 0.29) is 0 Å². The second-order valence-electron chi connectivity index (χ2n) is 9.96. The number of carboxylic acid groups (broad SMARTS) is 1. The van der Waals surface area contributed by atoms with Crippen molar-refractivity contribution in [3.8, 4) is 0 Å². The van der Waals surface area contributed by atoms with Gasteiger partial charge in [-0.2, -0.15) is 0 Å². The lowest BCUT2D eigenvalue weighted by Gasteiger charge is -2.55. The SMILES string of the molecule is CC(C)c1ccc2c(c1)CCC1C(C)(CN)CCCC21C.O=C(O)c1ccccc1. The molecule has 30 heavy (non-hydrogen) atoms. The van der Waals surface area contributed by atoms with Gasteiger partial charge in [0, 0.05) is 0 Å². The van der Waals surface area contributed by atoms with E-state index in [1.54, 1.807) is 41.5 Å². The molecule has 3 nitrogen and oxygen atoms in total. The molecule has 0 aliphatic heterocycles. The Morgan fingerprint density at radius 1 is 1.13 bits per heavy atom. The van der Waals surface area contributed by atoms with Gasteiger partial charge >= 0.3 is 5.97 Å². The lowest BCUT2D eigenvalue weighted by atomic mass is 9.50. The van der Waals surface area contributed by atoms with Crippen molar-refractivity contribution >= 4 is 5.97 Å². The van der Waals surface area contributed by atoms with Gasteiger partial charge in [-0.1, -0.05) is 70.5 Å². The summed E-state index contributed by atoms with van der Waals surface area (Å²) in [7, 11) is 0. The van der Waals surface area contributed by atoms with Crippen LogP contribution in [0.4, 0.5) is 0 Å². The third-order valence-electron chi connectivity index (χ3n) is 7.66. The minimum absolute atomic E-state index is 0.331. The molecule has 2 aliphatic rings. The van der Waals surface area contributed by atoms with Crippen LogP contribution in [0.25, 0.3) is 0 Å². The number of hydrogen-bond donors (Lipinski definition) is 2. The summed E-state index contributed by atoms with van der Waals surface area (Å²) in [6.07, 6.45) is 6.53. The molecule has 162 valence electrons. The van der Waals surface area contributed by atoms with E-state index in [9.17, 15) is 4.79 Å². The molecule has 2 aromatic carbocycles. The Hall–Kier alpha value is -2.13. The van der Waals surface area contributed by atoms with Gasteiger partial charge in [0.25, 0.3) is 0 Å². The fourth-order valence-electron chi connectivity index (χ4n) is 5.83. The normalized spacial score (nSPS) is 27.5. The number of hydrogen-bond acceptors (Lipinski definition) is 2. The van der Waals surface area contributed by atoms with E-state index in [0.29, 0.717) is 22.3 Å². The van der Waals surface area contributed by atoms with Gasteiger partial charge in [0.05, 0.1) is 5.56 Å². The highest BCUT2D eigenvalue weighted by atomic mass is 16.4. The van der Waals surface area contributed by atoms with Crippen LogP contribution in [0.5, 0.6) is 0 Å². The summed E-state index contributed by atoms with van der Waals surface area (Å²) in [5, 5.41) is 8.38. The van der Waals surface area contributed by atoms with Crippen molar-refractivity contribution in [2.24, 2.45) is 17.1 Å². The highest BCUT2D eigenvalue weighted by Gasteiger charge is 2.50. The van der Waals surface area contributed by atoms with Gasteiger partial charge in [-0.15, -0.1) is 0 Å². The monoisotopic (exact) mass is 407 g/mol. The average molecular weight is 408 g/mol. The van der Waals surface area contributed by atoms with Gasteiger partial charge in [0.1, 0.15) is 0 Å². The maximum Gasteiger partial charge on any atom is 0.335 e. The number of aryl methyl sites for hydroxylation is 1. The molecule has 0 aromatic heterocycles. The summed E-state index contributed by atoms with van der Waals surface area (Å²) in [6.45, 7) is 10.4. The highest BCUT2D eigenvalue weighted by Crippen LogP contribution is 2.56. The Morgan fingerprint density at radius 2 is 1.83 bits per heavy atom. The Kier molecular flexibility index (Phi) is 6.71. The lowest BCUT2D eigenvalue weighted by Crippen LogP contribution is -2.51. The summed E-state index contributed by atoms with van der Waals surface area (Å²) in [4.78, 5) is 10.2. The van der Waals surface area contributed by atoms with Crippen LogP contribution in [0, 0.1) is 11.3 Å². The van der Waals surface area contributed by atoms with Crippen LogP contribution >= 0.6 is 0 Å². The van der Waals surface area contributed by atoms with Crippen molar-refractivity contribution in [3.63, 3.8) is 0 Å². The Morgan fingerprint density at radius 3 is 2.40 bits per heavy atom. The van der Waals surface area contributed by atoms with Crippen LogP contribution in [0.2, 0.25) is 0 Å². The molecular formula is C27H37NO2. The summed E-state index contributed by atoms with van der Waals surface area (Å²) in [6, 6.07) is 15.6. The quantitative estimate of drug-likeness (QED) is 0.640. The molecule has 2 aromatic rings. The first-order chi connectivity index (χ1) is 14.2. The zero-order chi connectivity index (χ0) is 21.9. The largest absolute Gasteiger partial charge is 0.478 e. The van der Waals surface area contributed by atoms with Crippen molar-refractivity contribution in [2.45, 2.75) is 71.1 Å². The molecule has 3 unspecified atom stereocenters. The van der Waals surface area contributed by atoms with Crippen LogP contribution in [0.15, 0.2) is 48.5 Å². The predicted molar refractivity (Wildman–Crippen MR) is 124 cm³/mol. The van der Waals surface area contributed by atoms with Crippen molar-refractivity contribution in [1.82, 2.24) is 0 Å². The van der Waals surface area contributed by atoms with Crippen LogP contribution in [-0.2, 0) is 11.8 Å². The number of benzene rings is 2. The summed E-state index contributed by atoms with van der Waals surface area (Å²) >= 11 is 0. The van der Waals surface area contributed by atoms with Gasteiger partial charge in [0.15, 0.2) is 0 Å². The minimum Gasteiger partial charge on any atom is -0.478 e. The molecule has 4 rings (SSSR count). The topological polar surface area (TPSA) is 63.3 Å². The molecule has 3 heteroatoms. The maximum atomic E-state index is 10.2. The molecule has 3 N–H and O–H groups in total. The van der Waals surface area contributed by atoms with Crippen molar-refractivity contribution < 1.29 is 9.90 Å². The third-order valence-corrected chi connectivity index (χ3v) is 7.66. The molecule has 1 saturated carbocycles. The number of carbonyl (C=O) groups is 1. The summed E-state index contributed by atoms with van der Waals surface area (Å²) in [5.41, 5.74) is 11.9. The summed E-state index contributed by atoms with van der Waals surface area (Å²) in [5.74, 6) is 0.498. The first-order valence-electron chi connectivity index (χ1n) is 11.3. The van der Waals surface area contributed by atoms with Crippen LogP contribution in [-0.4, -0.2) is 17.6 Å². The Balaban J connectivity index is 0.000000239. The Labute approximate surface area is 181 Å². The molecule has 0 saturated heterocycles. The second kappa shape index (κ2) is 8.93. The number of aromatic carboxylic acids is 1. The molecule has 0 radical (unpaired) electrons. The van der Waals surface area contributed by atoms with Gasteiger partial charge in [-0.25, -0.2) is 4.79 Å². The highest BCUT2D eigenvalue weighted by molar-refractivity contribution is 5.87. The first-order valence-corrected chi connectivity index (χ1v) is 11.3. The second-order valence-corrected chi connectivity index (χ2v) is 9.96. The third kappa shape index (κ3) is 4.32. The van der Waals surface area contributed by atoms with Crippen LogP contribution < -0.4 is 5.73 Å². The standard InChI is InChI=1S/C20H31N.C7H6O2/c1-14(2)15-6-8-17-16(12-15)7-9-18-19(3,13-21)10-5-11-20(17,18)4;8-7(9)6-4-2-1-3-5-6/h6,8,12,14,18H,5,7,9-11,13,21H2,1-4H3;1-5H,(H,8,9). The lowest BCUT2D eigenvalue weighted by molar-refractivity contribution is 0.0326. The van der Waals surface area contributed by atoms with E-state index < -0.39 is 5.97 Å². The van der Waals surface area contributed by atoms with Crippen LogP contribution in [0.3, 0.4) is 0 Å². The van der Waals surface area contributed by atoms with E-state index >= 15 is 0 Å². The zero-order valence-corrected chi connectivity index (χ0v) is 18.9. The zero-order valence-electron chi connectivity index (χ0n) is 18.9. The number of nitrogens with two attached hydrogens (primary N) is 1. The van der Waals surface area contributed by atoms with E-state index in [1.165, 1.54) is 37.7 Å². The van der Waals surface area contributed by atoms with E-state index in [0.717, 1.165) is 12.5 Å².